The topological polar surface area (TPSA) is 192 Å². The van der Waals surface area contributed by atoms with Crippen molar-refractivity contribution < 1.29 is 68.2 Å². The van der Waals surface area contributed by atoms with Crippen LogP contribution in [0, 0.1) is 5.92 Å². The van der Waals surface area contributed by atoms with Crippen LogP contribution in [0.5, 0.6) is 34.5 Å². The van der Waals surface area contributed by atoms with Gasteiger partial charge in [0.05, 0.1) is 27.9 Å². The van der Waals surface area contributed by atoms with E-state index >= 15 is 0 Å². The molecule has 0 aromatic heterocycles. The highest BCUT2D eigenvalue weighted by Gasteiger charge is 2.49. The Morgan fingerprint density at radius 2 is 1.68 bits per heavy atom. The molecule has 1 aliphatic carbocycles. The SMILES string of the molecule is C/C=C(/C)C(=O)O[C@H]1c2cc(O[C@@H]3O[C@H](CO)[C@@H](O)[C@H](O)[C@H]3O)c(OC)c(OC)c2-c2c(cc3c(c2OC)OCO3)C[C@H](C)[C@]1(C)O. The van der Waals surface area contributed by atoms with Crippen LogP contribution in [0.2, 0.25) is 0 Å². The number of hydrogen-bond acceptors (Lipinski definition) is 14. The van der Waals surface area contributed by atoms with Gasteiger partial charge in [0.15, 0.2) is 29.1 Å². The number of ether oxygens (including phenoxy) is 8. The Balaban J connectivity index is 1.83. The van der Waals surface area contributed by atoms with Crippen molar-refractivity contribution in [2.24, 2.45) is 5.92 Å². The second-order valence-electron chi connectivity index (χ2n) is 12.0. The quantitative estimate of drug-likeness (QED) is 0.203. The first-order valence-electron chi connectivity index (χ1n) is 15.2. The lowest BCUT2D eigenvalue weighted by molar-refractivity contribution is -0.277. The molecule has 0 amide bonds. The largest absolute Gasteiger partial charge is 0.492 e. The summed E-state index contributed by atoms with van der Waals surface area (Å²) < 4.78 is 46.9. The van der Waals surface area contributed by atoms with Gasteiger partial charge in [-0.1, -0.05) is 13.0 Å². The molecule has 2 aromatic rings. The van der Waals surface area contributed by atoms with Gasteiger partial charge in [-0.3, -0.25) is 0 Å². The Labute approximate surface area is 271 Å². The molecule has 2 aromatic carbocycles. The predicted molar refractivity (Wildman–Crippen MR) is 164 cm³/mol. The molecule has 0 radical (unpaired) electrons. The Hall–Kier alpha value is -3.79. The summed E-state index contributed by atoms with van der Waals surface area (Å²) >= 11 is 0. The average molecular weight is 663 g/mol. The van der Waals surface area contributed by atoms with Crippen LogP contribution >= 0.6 is 0 Å². The average Bonchev–Trinajstić information content (AvgIpc) is 3.53. The van der Waals surface area contributed by atoms with Crippen LogP contribution in [-0.2, 0) is 20.7 Å². The fourth-order valence-electron chi connectivity index (χ4n) is 6.17. The van der Waals surface area contributed by atoms with Gasteiger partial charge in [-0.15, -0.1) is 0 Å². The van der Waals surface area contributed by atoms with Crippen molar-refractivity contribution in [2.75, 3.05) is 34.7 Å². The maximum atomic E-state index is 13.3. The molecular formula is C33H42O14. The van der Waals surface area contributed by atoms with Crippen molar-refractivity contribution in [2.45, 2.75) is 76.5 Å². The van der Waals surface area contributed by atoms with E-state index in [0.717, 1.165) is 0 Å². The number of rotatable bonds is 8. The maximum Gasteiger partial charge on any atom is 0.334 e. The first kappa shape index (κ1) is 34.5. The van der Waals surface area contributed by atoms with E-state index in [-0.39, 0.29) is 29.6 Å². The molecule has 0 unspecified atom stereocenters. The smallest absolute Gasteiger partial charge is 0.334 e. The zero-order valence-corrected chi connectivity index (χ0v) is 27.3. The molecule has 3 aliphatic rings. The Morgan fingerprint density at radius 3 is 2.30 bits per heavy atom. The number of hydrogen-bond donors (Lipinski definition) is 5. The third-order valence-electron chi connectivity index (χ3n) is 9.20. The monoisotopic (exact) mass is 662 g/mol. The highest BCUT2D eigenvalue weighted by Crippen LogP contribution is 2.59. The third kappa shape index (κ3) is 5.83. The van der Waals surface area contributed by atoms with Gasteiger partial charge in [0.2, 0.25) is 24.6 Å². The van der Waals surface area contributed by atoms with Crippen LogP contribution < -0.4 is 28.4 Å². The minimum absolute atomic E-state index is 0.0110. The van der Waals surface area contributed by atoms with Crippen molar-refractivity contribution in [3.8, 4) is 45.6 Å². The molecule has 14 heteroatoms. The third-order valence-corrected chi connectivity index (χ3v) is 9.20. The molecule has 5 rings (SSSR count). The van der Waals surface area contributed by atoms with Gasteiger partial charge in [0, 0.05) is 22.3 Å². The van der Waals surface area contributed by atoms with Gasteiger partial charge in [0.1, 0.15) is 30.0 Å². The number of fused-ring (bicyclic) bond motifs is 4. The molecule has 8 atom stereocenters. The Morgan fingerprint density at radius 1 is 1.00 bits per heavy atom. The number of allylic oxidation sites excluding steroid dienone is 1. The lowest BCUT2D eigenvalue weighted by Gasteiger charge is -2.42. The number of carbonyl (C=O) groups is 1. The molecule has 0 bridgehead atoms. The fourth-order valence-corrected chi connectivity index (χ4v) is 6.17. The van der Waals surface area contributed by atoms with Crippen LogP contribution in [0.15, 0.2) is 23.8 Å². The van der Waals surface area contributed by atoms with Crippen molar-refractivity contribution >= 4 is 5.97 Å². The molecule has 2 heterocycles. The molecule has 1 saturated heterocycles. The second kappa shape index (κ2) is 13.4. The summed E-state index contributed by atoms with van der Waals surface area (Å²) in [6.07, 6.45) is -7.40. The first-order valence-corrected chi connectivity index (χ1v) is 15.2. The van der Waals surface area contributed by atoms with E-state index in [9.17, 15) is 30.3 Å². The first-order chi connectivity index (χ1) is 22.3. The summed E-state index contributed by atoms with van der Waals surface area (Å²) in [7, 11) is 4.22. The van der Waals surface area contributed by atoms with Crippen molar-refractivity contribution in [3.63, 3.8) is 0 Å². The van der Waals surface area contributed by atoms with Gasteiger partial charge in [-0.2, -0.15) is 0 Å². The van der Waals surface area contributed by atoms with E-state index in [0.29, 0.717) is 45.9 Å². The second-order valence-corrected chi connectivity index (χ2v) is 12.0. The number of carbonyl (C=O) groups excluding carboxylic acids is 1. The van der Waals surface area contributed by atoms with Crippen LogP contribution in [0.1, 0.15) is 44.9 Å². The van der Waals surface area contributed by atoms with E-state index in [4.69, 9.17) is 37.9 Å². The van der Waals surface area contributed by atoms with Crippen LogP contribution in [0.3, 0.4) is 0 Å². The maximum absolute atomic E-state index is 13.3. The summed E-state index contributed by atoms with van der Waals surface area (Å²) in [6.45, 7) is 5.95. The molecule has 258 valence electrons. The molecule has 0 saturated carbocycles. The van der Waals surface area contributed by atoms with Gasteiger partial charge < -0.3 is 63.4 Å². The number of aliphatic hydroxyl groups is 5. The van der Waals surface area contributed by atoms with Gasteiger partial charge in [-0.25, -0.2) is 4.79 Å². The van der Waals surface area contributed by atoms with E-state index in [2.05, 4.69) is 0 Å². The number of benzene rings is 2. The summed E-state index contributed by atoms with van der Waals surface area (Å²) in [5.41, 5.74) is 0.370. The zero-order chi connectivity index (χ0) is 34.4. The molecule has 47 heavy (non-hydrogen) atoms. The minimum atomic E-state index is -1.75. The standard InChI is InChI=1S/C33H42O14/c1-8-14(2)31(38)47-30-17-11-19(45-32-25(37)24(36)23(35)20(12-34)46-32)26(40-5)29(42-7)22(17)21-16(9-15(3)33(30,4)39)10-18-27(28(21)41-6)44-13-43-18/h8,10-11,15,20,23-25,30,32,34-37,39H,9,12-13H2,1-7H3/b14-8-/t15-,20+,23+,24-,25+,30-,32+,33-/m0/s1. The lowest BCUT2D eigenvalue weighted by atomic mass is 9.73. The van der Waals surface area contributed by atoms with E-state index in [1.807, 2.05) is 6.92 Å². The number of esters is 1. The molecule has 0 spiro atoms. The molecule has 14 nitrogen and oxygen atoms in total. The molecule has 1 fully saturated rings. The van der Waals surface area contributed by atoms with Crippen LogP contribution in [0.25, 0.3) is 11.1 Å². The van der Waals surface area contributed by atoms with Gasteiger partial charge in [0.25, 0.3) is 0 Å². The van der Waals surface area contributed by atoms with Crippen molar-refractivity contribution in [1.29, 1.82) is 0 Å². The van der Waals surface area contributed by atoms with Crippen LogP contribution in [0.4, 0.5) is 0 Å². The predicted octanol–water partition coefficient (Wildman–Crippen LogP) is 1.78. The lowest BCUT2D eigenvalue weighted by Crippen LogP contribution is -2.60. The molecule has 5 N–H and O–H groups in total. The van der Waals surface area contributed by atoms with E-state index < -0.39 is 60.9 Å². The summed E-state index contributed by atoms with van der Waals surface area (Å²) in [5.74, 6) is -0.0993. The Bertz CT molecular complexity index is 1530. The molecular weight excluding hydrogens is 620 g/mol. The van der Waals surface area contributed by atoms with Gasteiger partial charge >= 0.3 is 5.97 Å². The summed E-state index contributed by atoms with van der Waals surface area (Å²) in [5, 5.41) is 53.5. The normalized spacial score (nSPS) is 30.0. The molecule has 2 aliphatic heterocycles. The van der Waals surface area contributed by atoms with Crippen LogP contribution in [-0.4, -0.2) is 103 Å². The highest BCUT2D eigenvalue weighted by molar-refractivity contribution is 5.91. The summed E-state index contributed by atoms with van der Waals surface area (Å²) in [6, 6.07) is 3.26. The van der Waals surface area contributed by atoms with Crippen molar-refractivity contribution in [3.05, 3.63) is 34.9 Å². The summed E-state index contributed by atoms with van der Waals surface area (Å²) in [4.78, 5) is 13.3. The van der Waals surface area contributed by atoms with Crippen molar-refractivity contribution in [1.82, 2.24) is 0 Å². The number of aliphatic hydroxyl groups excluding tert-OH is 4. The fraction of sp³-hybridized carbons (Fsp3) is 0.545. The highest BCUT2D eigenvalue weighted by atomic mass is 16.7. The van der Waals surface area contributed by atoms with E-state index in [1.165, 1.54) is 27.4 Å². The number of methoxy groups -OCH3 is 3. The Kier molecular flexibility index (Phi) is 9.83. The minimum Gasteiger partial charge on any atom is -0.492 e. The van der Waals surface area contributed by atoms with Gasteiger partial charge in [-0.05, 0) is 50.8 Å². The van der Waals surface area contributed by atoms with E-state index in [1.54, 1.807) is 32.9 Å². The zero-order valence-electron chi connectivity index (χ0n) is 27.3.